The molecule has 0 spiro atoms. The molecule has 0 aliphatic heterocycles. The van der Waals surface area contributed by atoms with E-state index in [1.807, 2.05) is 6.07 Å². The number of furan rings is 1. The summed E-state index contributed by atoms with van der Waals surface area (Å²) < 4.78 is 6.23. The third-order valence-corrected chi connectivity index (χ3v) is 9.19. The highest BCUT2D eigenvalue weighted by Gasteiger charge is 2.37. The van der Waals surface area contributed by atoms with Crippen LogP contribution in [0, 0.1) is 0 Å². The minimum atomic E-state index is -0.114. The van der Waals surface area contributed by atoms with Crippen molar-refractivity contribution >= 4 is 54.3 Å². The smallest absolute Gasteiger partial charge is 0.136 e. The van der Waals surface area contributed by atoms with E-state index in [0.717, 1.165) is 11.2 Å². The first kappa shape index (κ1) is 22.0. The molecule has 8 aromatic rings. The van der Waals surface area contributed by atoms with Gasteiger partial charge in [0.15, 0.2) is 0 Å². The van der Waals surface area contributed by atoms with Gasteiger partial charge in [0.1, 0.15) is 11.2 Å². The molecule has 1 aliphatic rings. The van der Waals surface area contributed by atoms with Gasteiger partial charge in [-0.1, -0.05) is 105 Å². The topological polar surface area (TPSA) is 13.1 Å². The van der Waals surface area contributed by atoms with Crippen molar-refractivity contribution in [2.75, 3.05) is 0 Å². The van der Waals surface area contributed by atoms with Crippen molar-refractivity contribution in [3.8, 4) is 22.3 Å². The second kappa shape index (κ2) is 7.61. The molecule has 9 rings (SSSR count). The van der Waals surface area contributed by atoms with E-state index < -0.39 is 0 Å². The van der Waals surface area contributed by atoms with Crippen LogP contribution in [0.1, 0.15) is 25.0 Å². The van der Waals surface area contributed by atoms with Gasteiger partial charge in [-0.3, -0.25) is 0 Å². The maximum absolute atomic E-state index is 6.23. The Hall–Kier alpha value is -4.88. The van der Waals surface area contributed by atoms with E-state index in [9.17, 15) is 0 Å². The molecule has 0 unspecified atom stereocenters. The molecule has 1 heterocycles. The first-order valence-corrected chi connectivity index (χ1v) is 14.0. The maximum Gasteiger partial charge on any atom is 0.136 e. The molecule has 0 bridgehead atoms. The summed E-state index contributed by atoms with van der Waals surface area (Å²) >= 11 is 0. The van der Waals surface area contributed by atoms with Gasteiger partial charge >= 0.3 is 0 Å². The highest BCUT2D eigenvalue weighted by atomic mass is 16.3. The second-order valence-electron chi connectivity index (χ2n) is 11.7. The van der Waals surface area contributed by atoms with Crippen LogP contribution >= 0.6 is 0 Å². The predicted molar refractivity (Wildman–Crippen MR) is 169 cm³/mol. The fourth-order valence-corrected chi connectivity index (χ4v) is 7.37. The average Bonchev–Trinajstić information content (AvgIpc) is 3.45. The molecule has 0 saturated carbocycles. The minimum Gasteiger partial charge on any atom is -0.456 e. The lowest BCUT2D eigenvalue weighted by molar-refractivity contribution is 0.665. The molecule has 0 amide bonds. The Labute approximate surface area is 232 Å². The zero-order chi connectivity index (χ0) is 26.6. The van der Waals surface area contributed by atoms with E-state index in [4.69, 9.17) is 4.42 Å². The molecular weight excluding hydrogens is 484 g/mol. The summed E-state index contributed by atoms with van der Waals surface area (Å²) in [6, 6.07) is 44.5. The molecule has 0 fully saturated rings. The first-order chi connectivity index (χ1) is 19.6. The van der Waals surface area contributed by atoms with Crippen molar-refractivity contribution in [1.29, 1.82) is 0 Å². The Morgan fingerprint density at radius 2 is 1.15 bits per heavy atom. The molecule has 1 heteroatoms. The van der Waals surface area contributed by atoms with Crippen molar-refractivity contribution in [3.63, 3.8) is 0 Å². The summed E-state index contributed by atoms with van der Waals surface area (Å²) in [5.74, 6) is 0. The molecular formula is C39H26O. The number of hydrogen-bond donors (Lipinski definition) is 0. The summed E-state index contributed by atoms with van der Waals surface area (Å²) in [5.41, 5.74) is 9.84. The van der Waals surface area contributed by atoms with Gasteiger partial charge in [0.05, 0.1) is 0 Å². The SMILES string of the molecule is CC1(C)c2ccc(-c3c4ccccc4cc4ccccc34)cc2-c2ccc3cc4oc5ccccc5c4cc3c21. The van der Waals surface area contributed by atoms with E-state index in [-0.39, 0.29) is 5.41 Å². The standard InChI is InChI=1S/C39H26O/c1-39(2)34-18-16-26(37-27-11-5-3-9-23(27)19-24-10-4-6-12-28(24)37)20-32(34)30-17-15-25-21-36-33(22-31(25)38(30)39)29-13-7-8-14-35(29)40-36/h3-22H,1-2H3. The van der Waals surface area contributed by atoms with Crippen molar-refractivity contribution < 1.29 is 4.42 Å². The highest BCUT2D eigenvalue weighted by Crippen LogP contribution is 2.53. The zero-order valence-electron chi connectivity index (χ0n) is 22.5. The van der Waals surface area contributed by atoms with Crippen molar-refractivity contribution in [1.82, 2.24) is 0 Å². The summed E-state index contributed by atoms with van der Waals surface area (Å²) in [6.45, 7) is 4.75. The first-order valence-electron chi connectivity index (χ1n) is 14.0. The molecule has 1 aliphatic carbocycles. The summed E-state index contributed by atoms with van der Waals surface area (Å²) in [7, 11) is 0. The van der Waals surface area contributed by atoms with Crippen LogP contribution in [0.2, 0.25) is 0 Å². The second-order valence-corrected chi connectivity index (χ2v) is 11.7. The Morgan fingerprint density at radius 3 is 1.93 bits per heavy atom. The Kier molecular flexibility index (Phi) is 4.18. The van der Waals surface area contributed by atoms with Gasteiger partial charge in [0.2, 0.25) is 0 Å². The summed E-state index contributed by atoms with van der Waals surface area (Å²) in [6.07, 6.45) is 0. The maximum atomic E-state index is 6.23. The normalized spacial score (nSPS) is 13.9. The number of para-hydroxylation sites is 1. The molecule has 0 radical (unpaired) electrons. The number of hydrogen-bond acceptors (Lipinski definition) is 1. The van der Waals surface area contributed by atoms with Crippen LogP contribution in [0.4, 0.5) is 0 Å². The van der Waals surface area contributed by atoms with E-state index >= 15 is 0 Å². The van der Waals surface area contributed by atoms with Gasteiger partial charge in [-0.2, -0.15) is 0 Å². The van der Waals surface area contributed by atoms with E-state index in [2.05, 4.69) is 129 Å². The summed E-state index contributed by atoms with van der Waals surface area (Å²) in [4.78, 5) is 0. The lowest BCUT2D eigenvalue weighted by atomic mass is 9.79. The van der Waals surface area contributed by atoms with Crippen LogP contribution in [-0.4, -0.2) is 0 Å². The van der Waals surface area contributed by atoms with Gasteiger partial charge in [0.25, 0.3) is 0 Å². The molecule has 7 aromatic carbocycles. The molecule has 1 nitrogen and oxygen atoms in total. The lowest BCUT2D eigenvalue weighted by Gasteiger charge is -2.23. The molecule has 1 aromatic heterocycles. The third kappa shape index (κ3) is 2.82. The number of rotatable bonds is 1. The van der Waals surface area contributed by atoms with Gasteiger partial charge in [0, 0.05) is 16.2 Å². The molecule has 0 atom stereocenters. The monoisotopic (exact) mass is 510 g/mol. The Morgan fingerprint density at radius 1 is 0.475 bits per heavy atom. The van der Waals surface area contributed by atoms with E-state index in [0.29, 0.717) is 0 Å². The fourth-order valence-electron chi connectivity index (χ4n) is 7.37. The minimum absolute atomic E-state index is 0.114. The average molecular weight is 511 g/mol. The van der Waals surface area contributed by atoms with Gasteiger partial charge in [-0.25, -0.2) is 0 Å². The zero-order valence-corrected chi connectivity index (χ0v) is 22.5. The number of fused-ring (bicyclic) bond motifs is 10. The van der Waals surface area contributed by atoms with Gasteiger partial charge < -0.3 is 4.42 Å². The van der Waals surface area contributed by atoms with Crippen LogP contribution in [-0.2, 0) is 5.41 Å². The third-order valence-electron chi connectivity index (χ3n) is 9.19. The Bertz CT molecular complexity index is 2290. The Balaban J connectivity index is 1.34. The van der Waals surface area contributed by atoms with Crippen LogP contribution < -0.4 is 0 Å². The molecule has 40 heavy (non-hydrogen) atoms. The van der Waals surface area contributed by atoms with Crippen LogP contribution in [0.5, 0.6) is 0 Å². The van der Waals surface area contributed by atoms with Gasteiger partial charge in [-0.15, -0.1) is 0 Å². The van der Waals surface area contributed by atoms with E-state index in [1.54, 1.807) is 0 Å². The molecule has 188 valence electrons. The lowest BCUT2D eigenvalue weighted by Crippen LogP contribution is -2.15. The van der Waals surface area contributed by atoms with Crippen LogP contribution in [0.25, 0.3) is 76.5 Å². The fraction of sp³-hybridized carbons (Fsp3) is 0.0769. The predicted octanol–water partition coefficient (Wildman–Crippen LogP) is 11.0. The van der Waals surface area contributed by atoms with Crippen molar-refractivity contribution in [3.05, 3.63) is 132 Å². The van der Waals surface area contributed by atoms with Crippen LogP contribution in [0.3, 0.4) is 0 Å². The highest BCUT2D eigenvalue weighted by molar-refractivity contribution is 6.14. The van der Waals surface area contributed by atoms with Crippen LogP contribution in [0.15, 0.2) is 126 Å². The van der Waals surface area contributed by atoms with Gasteiger partial charge in [-0.05, 0) is 96.0 Å². The largest absolute Gasteiger partial charge is 0.456 e. The summed E-state index contributed by atoms with van der Waals surface area (Å²) in [5, 5.41) is 10.1. The quantitative estimate of drug-likeness (QED) is 0.200. The van der Waals surface area contributed by atoms with Crippen molar-refractivity contribution in [2.24, 2.45) is 0 Å². The van der Waals surface area contributed by atoms with Crippen molar-refractivity contribution in [2.45, 2.75) is 19.3 Å². The van der Waals surface area contributed by atoms with E-state index in [1.165, 1.54) is 76.5 Å². The molecule has 0 N–H and O–H groups in total. The number of benzene rings is 7. The molecule has 0 saturated heterocycles.